The summed E-state index contributed by atoms with van der Waals surface area (Å²) in [5.41, 5.74) is -5.16. The zero-order valence-electron chi connectivity index (χ0n) is 20.1. The fourth-order valence-electron chi connectivity index (χ4n) is 3.20. The number of ether oxygens (including phenoxy) is 2. The molecular weight excluding hydrogens is 484 g/mol. The summed E-state index contributed by atoms with van der Waals surface area (Å²) in [5.74, 6) is -1.30. The van der Waals surface area contributed by atoms with Gasteiger partial charge in [-0.05, 0) is 10.8 Å². The summed E-state index contributed by atoms with van der Waals surface area (Å²) in [6, 6.07) is 3.22. The topological polar surface area (TPSA) is 208 Å². The van der Waals surface area contributed by atoms with E-state index in [-0.39, 0.29) is 11.1 Å². The van der Waals surface area contributed by atoms with Gasteiger partial charge in [0.25, 0.3) is 11.4 Å². The first-order valence-corrected chi connectivity index (χ1v) is 10.2. The van der Waals surface area contributed by atoms with Crippen molar-refractivity contribution in [1.29, 1.82) is 0 Å². The van der Waals surface area contributed by atoms with Crippen LogP contribution in [0, 0.1) is 40.5 Å². The van der Waals surface area contributed by atoms with Crippen LogP contribution in [0.15, 0.2) is 24.3 Å². The fraction of sp³-hybridized carbons (Fsp3) is 0.381. The number of non-ortho nitro benzene ring substituents is 2. The lowest BCUT2D eigenvalue weighted by Crippen LogP contribution is -2.22. The van der Waals surface area contributed by atoms with E-state index in [0.29, 0.717) is 12.1 Å². The third-order valence-corrected chi connectivity index (χ3v) is 4.91. The maximum Gasteiger partial charge on any atom is 0.519 e. The van der Waals surface area contributed by atoms with E-state index in [9.17, 15) is 45.3 Å². The Kier molecular flexibility index (Phi) is 7.28. The van der Waals surface area contributed by atoms with E-state index < -0.39 is 70.9 Å². The summed E-state index contributed by atoms with van der Waals surface area (Å²) in [4.78, 5) is 54.9. The minimum Gasteiger partial charge on any atom is -0.387 e. The van der Waals surface area contributed by atoms with Crippen molar-refractivity contribution >= 4 is 28.9 Å². The summed E-state index contributed by atoms with van der Waals surface area (Å²) in [5, 5.41) is 45.8. The first kappa shape index (κ1) is 27.6. The van der Waals surface area contributed by atoms with Gasteiger partial charge in [0.15, 0.2) is 0 Å². The second-order valence-electron chi connectivity index (χ2n) is 9.67. The molecule has 0 radical (unpaired) electrons. The summed E-state index contributed by atoms with van der Waals surface area (Å²) in [6.07, 6.45) is -1.63. The average molecular weight is 506 g/mol. The van der Waals surface area contributed by atoms with E-state index in [1.54, 1.807) is 41.5 Å². The van der Waals surface area contributed by atoms with Gasteiger partial charge in [0.1, 0.15) is 0 Å². The van der Waals surface area contributed by atoms with E-state index in [1.165, 1.54) is 0 Å². The van der Waals surface area contributed by atoms with Crippen molar-refractivity contribution in [1.82, 2.24) is 0 Å². The minimum absolute atomic E-state index is 0.0744. The molecule has 0 saturated carbocycles. The summed E-state index contributed by atoms with van der Waals surface area (Å²) in [7, 11) is 0. The van der Waals surface area contributed by atoms with E-state index in [4.69, 9.17) is 9.47 Å². The minimum atomic E-state index is -1.63. The summed E-state index contributed by atoms with van der Waals surface area (Å²) < 4.78 is 10.2. The van der Waals surface area contributed by atoms with Gasteiger partial charge in [-0.2, -0.15) is 0 Å². The molecule has 0 aromatic heterocycles. The highest BCUT2D eigenvalue weighted by Crippen LogP contribution is 2.44. The highest BCUT2D eigenvalue weighted by Gasteiger charge is 2.36. The normalized spacial score (nSPS) is 11.5. The van der Waals surface area contributed by atoms with Crippen molar-refractivity contribution in [3.8, 4) is 11.5 Å². The Morgan fingerprint density at radius 3 is 1.14 bits per heavy atom. The number of nitrogens with zero attached hydrogens (tertiary/aromatic N) is 4. The van der Waals surface area contributed by atoms with Crippen molar-refractivity contribution in [3.63, 3.8) is 0 Å². The first-order chi connectivity index (χ1) is 16.3. The average Bonchev–Trinajstić information content (AvgIpc) is 2.71. The van der Waals surface area contributed by atoms with Crippen LogP contribution in [0.3, 0.4) is 0 Å². The monoisotopic (exact) mass is 506 g/mol. The van der Waals surface area contributed by atoms with Crippen LogP contribution in [0.1, 0.15) is 52.7 Å². The van der Waals surface area contributed by atoms with Gasteiger partial charge in [-0.15, -0.1) is 0 Å². The molecule has 2 rings (SSSR count). The molecule has 2 aromatic carbocycles. The zero-order valence-corrected chi connectivity index (χ0v) is 20.1. The van der Waals surface area contributed by atoms with Crippen LogP contribution in [-0.2, 0) is 10.8 Å². The maximum atomic E-state index is 12.8. The van der Waals surface area contributed by atoms with Crippen molar-refractivity contribution in [2.24, 2.45) is 0 Å². The maximum absolute atomic E-state index is 12.8. The molecule has 15 nitrogen and oxygen atoms in total. The predicted molar refractivity (Wildman–Crippen MR) is 124 cm³/mol. The number of hydrogen-bond acceptors (Lipinski definition) is 11. The molecule has 0 fully saturated rings. The molecule has 36 heavy (non-hydrogen) atoms. The quantitative estimate of drug-likeness (QED) is 0.207. The van der Waals surface area contributed by atoms with E-state index in [1.807, 2.05) is 0 Å². The Morgan fingerprint density at radius 1 is 0.611 bits per heavy atom. The molecule has 2 aromatic rings. The Bertz CT molecular complexity index is 1190. The van der Waals surface area contributed by atoms with Gasteiger partial charge in [-0.1, -0.05) is 41.5 Å². The van der Waals surface area contributed by atoms with Gasteiger partial charge < -0.3 is 9.47 Å². The molecule has 0 atom stereocenters. The molecule has 0 spiro atoms. The molecule has 192 valence electrons. The van der Waals surface area contributed by atoms with Crippen LogP contribution in [0.4, 0.5) is 27.5 Å². The van der Waals surface area contributed by atoms with Crippen LogP contribution < -0.4 is 9.47 Å². The number of rotatable bonds is 6. The molecule has 0 N–H and O–H groups in total. The molecule has 0 aliphatic heterocycles. The van der Waals surface area contributed by atoms with E-state index in [0.717, 1.165) is 12.1 Å². The first-order valence-electron chi connectivity index (χ1n) is 10.2. The smallest absolute Gasteiger partial charge is 0.387 e. The van der Waals surface area contributed by atoms with Gasteiger partial charge in [0.05, 0.1) is 31.8 Å². The van der Waals surface area contributed by atoms with Crippen molar-refractivity contribution < 1.29 is 34.0 Å². The van der Waals surface area contributed by atoms with Crippen molar-refractivity contribution in [2.75, 3.05) is 0 Å². The molecule has 0 aliphatic rings. The second-order valence-corrected chi connectivity index (χ2v) is 9.67. The van der Waals surface area contributed by atoms with Crippen LogP contribution in [0.2, 0.25) is 0 Å². The summed E-state index contributed by atoms with van der Waals surface area (Å²) in [6.45, 7) is 9.37. The lowest BCUT2D eigenvalue weighted by Gasteiger charge is -2.23. The van der Waals surface area contributed by atoms with Gasteiger partial charge in [0, 0.05) is 23.3 Å². The van der Waals surface area contributed by atoms with Crippen LogP contribution >= 0.6 is 0 Å². The number of nitro benzene ring substituents is 4. The standard InChI is InChI=1S/C21H22N4O11/c1-20(2,3)13-7-11(22(27)28)9-15(24(31)32)17(13)35-19(26)36-18-14(21(4,5)6)8-12(23(29)30)10-16(18)25(33)34/h7-10H,1-6H3. The number of nitro groups is 4. The molecule has 15 heteroatoms. The Labute approximate surface area is 203 Å². The third kappa shape index (κ3) is 5.86. The zero-order chi connectivity index (χ0) is 27.7. The van der Waals surface area contributed by atoms with Crippen molar-refractivity contribution in [3.05, 3.63) is 75.8 Å². The molecule has 0 heterocycles. The van der Waals surface area contributed by atoms with Crippen LogP contribution in [-0.4, -0.2) is 25.8 Å². The predicted octanol–water partition coefficient (Wildman–Crippen LogP) is 5.49. The lowest BCUT2D eigenvalue weighted by molar-refractivity contribution is -0.394. The van der Waals surface area contributed by atoms with Crippen molar-refractivity contribution in [2.45, 2.75) is 52.4 Å². The van der Waals surface area contributed by atoms with Gasteiger partial charge in [-0.3, -0.25) is 40.5 Å². The lowest BCUT2D eigenvalue weighted by atomic mass is 9.85. The number of hydrogen-bond donors (Lipinski definition) is 0. The molecular formula is C21H22N4O11. The highest BCUT2D eigenvalue weighted by molar-refractivity contribution is 5.75. The molecule has 0 amide bonds. The Hall–Kier alpha value is -4.69. The summed E-state index contributed by atoms with van der Waals surface area (Å²) >= 11 is 0. The SMILES string of the molecule is CC(C)(C)c1cc([N+](=O)[O-])cc([N+](=O)[O-])c1OC(=O)Oc1c([N+](=O)[O-])cc([N+](=O)[O-])cc1C(C)(C)C. The van der Waals surface area contributed by atoms with E-state index in [2.05, 4.69) is 0 Å². The van der Waals surface area contributed by atoms with Gasteiger partial charge in [0.2, 0.25) is 11.5 Å². The second kappa shape index (κ2) is 9.52. The number of carbonyl (C=O) groups excluding carboxylic acids is 1. The van der Waals surface area contributed by atoms with Gasteiger partial charge >= 0.3 is 17.5 Å². The number of carbonyl (C=O) groups is 1. The molecule has 0 aliphatic carbocycles. The third-order valence-electron chi connectivity index (χ3n) is 4.91. The van der Waals surface area contributed by atoms with Crippen LogP contribution in [0.5, 0.6) is 11.5 Å². The number of benzene rings is 2. The molecule has 0 bridgehead atoms. The van der Waals surface area contributed by atoms with Crippen LogP contribution in [0.25, 0.3) is 0 Å². The largest absolute Gasteiger partial charge is 0.519 e. The molecule has 0 unspecified atom stereocenters. The highest BCUT2D eigenvalue weighted by atomic mass is 16.7. The van der Waals surface area contributed by atoms with E-state index >= 15 is 0 Å². The fourth-order valence-corrected chi connectivity index (χ4v) is 3.20. The molecule has 0 saturated heterocycles. The Balaban J connectivity index is 2.70. The Morgan fingerprint density at radius 2 is 0.917 bits per heavy atom. The van der Waals surface area contributed by atoms with Gasteiger partial charge in [-0.25, -0.2) is 4.79 Å².